The summed E-state index contributed by atoms with van der Waals surface area (Å²) < 4.78 is 2.84. The van der Waals surface area contributed by atoms with Gasteiger partial charge in [-0.05, 0) is 0 Å². The van der Waals surface area contributed by atoms with Crippen LogP contribution in [-0.4, -0.2) is 6.04 Å². The van der Waals surface area contributed by atoms with Crippen LogP contribution in [0.3, 0.4) is 0 Å². The molecule has 1 aliphatic heterocycles. The summed E-state index contributed by atoms with van der Waals surface area (Å²) in [5, 5.41) is 4.33. The molecule has 0 fully saturated rings. The van der Waals surface area contributed by atoms with Crippen LogP contribution in [0.15, 0.2) is 115 Å². The molecule has 0 N–H and O–H groups in total. The molecule has 0 aromatic heterocycles. The predicted octanol–water partition coefficient (Wildman–Crippen LogP) is 5.47. The van der Waals surface area contributed by atoms with E-state index in [0.29, 0.717) is 6.04 Å². The van der Waals surface area contributed by atoms with Gasteiger partial charge in [-0.1, -0.05) is 0 Å². The monoisotopic (exact) mass is 409 g/mol. The Labute approximate surface area is 180 Å². The van der Waals surface area contributed by atoms with Gasteiger partial charge in [0.05, 0.1) is 0 Å². The minimum absolute atomic E-state index is 0.495. The first-order chi connectivity index (χ1) is 14.9. The molecule has 0 aliphatic carbocycles. The molecule has 0 spiro atoms. The van der Waals surface area contributed by atoms with E-state index in [2.05, 4.69) is 127 Å². The Bertz CT molecular complexity index is 1010. The van der Waals surface area contributed by atoms with Crippen molar-refractivity contribution < 1.29 is 0 Å². The van der Waals surface area contributed by atoms with E-state index in [1.165, 1.54) is 27.2 Å². The van der Waals surface area contributed by atoms with Crippen LogP contribution >= 0.6 is 7.41 Å². The Hall–Kier alpha value is -2.89. The SMILES string of the molecule is CCC1Cc2ccccc2N1[PH](c1ccccc1)(c1ccccc1)c1ccccc1. The molecule has 0 bridgehead atoms. The normalized spacial score (nSPS) is 16.3. The van der Waals surface area contributed by atoms with Crippen LogP contribution in [0.4, 0.5) is 5.69 Å². The molecule has 4 aromatic carbocycles. The molecule has 1 nitrogen and oxygen atoms in total. The van der Waals surface area contributed by atoms with E-state index in [9.17, 15) is 0 Å². The third-order valence-corrected chi connectivity index (χ3v) is 11.3. The van der Waals surface area contributed by atoms with Gasteiger partial charge in [-0.15, -0.1) is 0 Å². The Kier molecular flexibility index (Phi) is 5.15. The molecular weight excluding hydrogens is 381 g/mol. The number of rotatable bonds is 5. The van der Waals surface area contributed by atoms with Gasteiger partial charge in [0.25, 0.3) is 0 Å². The summed E-state index contributed by atoms with van der Waals surface area (Å²) in [4.78, 5) is 0. The second-order valence-corrected chi connectivity index (χ2v) is 11.7. The molecular formula is C28H28NP. The zero-order chi connectivity index (χ0) is 20.4. The molecule has 0 amide bonds. The average Bonchev–Trinajstić information content (AvgIpc) is 3.21. The van der Waals surface area contributed by atoms with Crippen LogP contribution in [0, 0.1) is 0 Å². The number of fused-ring (bicyclic) bond motifs is 1. The number of benzene rings is 4. The van der Waals surface area contributed by atoms with Crippen molar-refractivity contribution in [3.8, 4) is 0 Å². The summed E-state index contributed by atoms with van der Waals surface area (Å²) in [5.74, 6) is 0. The van der Waals surface area contributed by atoms with Crippen LogP contribution in [0.25, 0.3) is 0 Å². The van der Waals surface area contributed by atoms with Crippen molar-refractivity contribution >= 4 is 29.0 Å². The van der Waals surface area contributed by atoms with Gasteiger partial charge in [0.1, 0.15) is 0 Å². The molecule has 0 radical (unpaired) electrons. The van der Waals surface area contributed by atoms with Crippen molar-refractivity contribution in [3.63, 3.8) is 0 Å². The molecule has 1 heterocycles. The third kappa shape index (κ3) is 2.97. The molecule has 150 valence electrons. The second kappa shape index (κ2) is 8.09. The fourth-order valence-corrected chi connectivity index (χ4v) is 10.5. The van der Waals surface area contributed by atoms with E-state index in [0.717, 1.165) is 12.8 Å². The van der Waals surface area contributed by atoms with Crippen molar-refractivity contribution in [1.29, 1.82) is 0 Å². The van der Waals surface area contributed by atoms with E-state index < -0.39 is 7.41 Å². The van der Waals surface area contributed by atoms with Crippen molar-refractivity contribution in [2.24, 2.45) is 0 Å². The van der Waals surface area contributed by atoms with Crippen molar-refractivity contribution in [2.75, 3.05) is 4.67 Å². The van der Waals surface area contributed by atoms with E-state index in [4.69, 9.17) is 0 Å². The van der Waals surface area contributed by atoms with Crippen molar-refractivity contribution in [1.82, 2.24) is 0 Å². The number of hydrogen-bond acceptors (Lipinski definition) is 1. The van der Waals surface area contributed by atoms with E-state index in [1.807, 2.05) is 0 Å². The van der Waals surface area contributed by atoms with Gasteiger partial charge in [0.15, 0.2) is 0 Å². The predicted molar refractivity (Wildman–Crippen MR) is 133 cm³/mol. The molecule has 0 saturated heterocycles. The zero-order valence-electron chi connectivity index (χ0n) is 17.4. The summed E-state index contributed by atoms with van der Waals surface area (Å²) in [6.45, 7) is 2.34. The molecule has 1 unspecified atom stereocenters. The van der Waals surface area contributed by atoms with Crippen molar-refractivity contribution in [2.45, 2.75) is 25.8 Å². The Morgan fingerprint density at radius 3 is 1.53 bits per heavy atom. The average molecular weight is 410 g/mol. The molecule has 1 aliphatic rings. The van der Waals surface area contributed by atoms with Gasteiger partial charge < -0.3 is 0 Å². The number of nitrogens with zero attached hydrogens (tertiary/aromatic N) is 1. The fraction of sp³-hybridized carbons (Fsp3) is 0.143. The van der Waals surface area contributed by atoms with Crippen LogP contribution in [0.2, 0.25) is 0 Å². The summed E-state index contributed by atoms with van der Waals surface area (Å²) in [6.07, 6.45) is 2.25. The number of hydrogen-bond donors (Lipinski definition) is 0. The van der Waals surface area contributed by atoms with Gasteiger partial charge in [-0.25, -0.2) is 0 Å². The second-order valence-electron chi connectivity index (χ2n) is 8.07. The molecule has 1 atom stereocenters. The first kappa shape index (κ1) is 19.1. The maximum absolute atomic E-state index is 2.84. The van der Waals surface area contributed by atoms with Crippen LogP contribution in [0.5, 0.6) is 0 Å². The van der Waals surface area contributed by atoms with Crippen LogP contribution < -0.4 is 20.6 Å². The summed E-state index contributed by atoms with van der Waals surface area (Å²) in [6, 6.07) is 43.2. The fourth-order valence-electron chi connectivity index (χ4n) is 5.20. The van der Waals surface area contributed by atoms with Gasteiger partial charge in [-0.2, -0.15) is 0 Å². The summed E-state index contributed by atoms with van der Waals surface area (Å²) in [5.41, 5.74) is 2.89. The molecule has 30 heavy (non-hydrogen) atoms. The van der Waals surface area contributed by atoms with Crippen molar-refractivity contribution in [3.05, 3.63) is 121 Å². The van der Waals surface area contributed by atoms with E-state index >= 15 is 0 Å². The Balaban J connectivity index is 1.90. The topological polar surface area (TPSA) is 3.24 Å². The molecule has 4 aromatic rings. The Morgan fingerprint density at radius 2 is 1.07 bits per heavy atom. The Morgan fingerprint density at radius 1 is 0.633 bits per heavy atom. The first-order valence-corrected chi connectivity index (χ1v) is 12.8. The van der Waals surface area contributed by atoms with E-state index in [1.54, 1.807) is 0 Å². The van der Waals surface area contributed by atoms with Gasteiger partial charge >= 0.3 is 180 Å². The number of anilines is 1. The van der Waals surface area contributed by atoms with Gasteiger partial charge in [0, 0.05) is 0 Å². The van der Waals surface area contributed by atoms with Crippen LogP contribution in [-0.2, 0) is 6.42 Å². The summed E-state index contributed by atoms with van der Waals surface area (Å²) in [7, 11) is -2.49. The zero-order valence-corrected chi connectivity index (χ0v) is 18.4. The standard InChI is InChI=1S/C28H28NP/c1-2-24-22-23-14-12-13-21-28(23)29(24)30(25-15-6-3-7-16-25,26-17-8-4-9-18-26)27-19-10-5-11-20-27/h3-21,24,30H,2,22H2,1H3. The molecule has 2 heteroatoms. The quantitative estimate of drug-likeness (QED) is 0.395. The van der Waals surface area contributed by atoms with E-state index in [-0.39, 0.29) is 0 Å². The third-order valence-electron chi connectivity index (χ3n) is 6.48. The molecule has 5 rings (SSSR count). The minimum atomic E-state index is -2.49. The van der Waals surface area contributed by atoms with Gasteiger partial charge in [0.2, 0.25) is 0 Å². The van der Waals surface area contributed by atoms with Crippen LogP contribution in [0.1, 0.15) is 18.9 Å². The maximum atomic E-state index is 2.84. The van der Waals surface area contributed by atoms with Gasteiger partial charge in [-0.3, -0.25) is 0 Å². The summed E-state index contributed by atoms with van der Waals surface area (Å²) >= 11 is 0. The first-order valence-electron chi connectivity index (χ1n) is 10.9. The molecule has 0 saturated carbocycles. The number of para-hydroxylation sites is 1.